The molecule has 6 nitrogen and oxygen atoms in total. The molecule has 3 rings (SSSR count). The molecule has 6 heteroatoms. The van der Waals surface area contributed by atoms with Crippen LogP contribution in [0.5, 0.6) is 0 Å². The summed E-state index contributed by atoms with van der Waals surface area (Å²) in [6.07, 6.45) is 3.82. The predicted octanol–water partition coefficient (Wildman–Crippen LogP) is 0.286. The van der Waals surface area contributed by atoms with E-state index in [2.05, 4.69) is 20.5 Å². The number of aromatic nitrogens is 1. The molecule has 1 unspecified atom stereocenters. The molecule has 0 bridgehead atoms. The molecule has 2 fully saturated rings. The Labute approximate surface area is 124 Å². The second kappa shape index (κ2) is 6.87. The molecule has 0 aliphatic carbocycles. The Kier molecular flexibility index (Phi) is 4.67. The maximum Gasteiger partial charge on any atom is 0.237 e. The molecule has 1 atom stereocenters. The average Bonchev–Trinajstić information content (AvgIpc) is 3.08. The summed E-state index contributed by atoms with van der Waals surface area (Å²) in [7, 11) is 0. The smallest absolute Gasteiger partial charge is 0.237 e. The Morgan fingerprint density at radius 2 is 2.33 bits per heavy atom. The van der Waals surface area contributed by atoms with Crippen molar-refractivity contribution in [1.82, 2.24) is 15.6 Å². The van der Waals surface area contributed by atoms with Crippen molar-refractivity contribution >= 4 is 11.7 Å². The van der Waals surface area contributed by atoms with Gasteiger partial charge in [-0.2, -0.15) is 0 Å². The Hall–Kier alpha value is -1.66. The normalized spacial score (nSPS) is 22.3. The van der Waals surface area contributed by atoms with Gasteiger partial charge in [0.1, 0.15) is 5.82 Å². The third kappa shape index (κ3) is 3.71. The molecule has 0 aromatic carbocycles. The maximum absolute atomic E-state index is 12.0. The lowest BCUT2D eigenvalue weighted by Crippen LogP contribution is -2.40. The zero-order valence-electron chi connectivity index (χ0n) is 12.2. The molecule has 3 heterocycles. The standard InChI is InChI=1S/C15H22N4O2/c20-15(13-2-1-4-16-13)18-11-12-3-5-17-14(10-12)19-6-8-21-9-7-19/h3,5,10,13,16H,1-2,4,6-9,11H2,(H,18,20). The number of amides is 1. The van der Waals surface area contributed by atoms with Gasteiger partial charge in [-0.15, -0.1) is 0 Å². The number of rotatable bonds is 4. The van der Waals surface area contributed by atoms with Crippen molar-refractivity contribution in [3.63, 3.8) is 0 Å². The van der Waals surface area contributed by atoms with Crippen molar-refractivity contribution < 1.29 is 9.53 Å². The van der Waals surface area contributed by atoms with Crippen LogP contribution >= 0.6 is 0 Å². The van der Waals surface area contributed by atoms with Crippen LogP contribution in [0.25, 0.3) is 0 Å². The first kappa shape index (κ1) is 14.3. The zero-order chi connectivity index (χ0) is 14.5. The lowest BCUT2D eigenvalue weighted by molar-refractivity contribution is -0.122. The van der Waals surface area contributed by atoms with Crippen molar-refractivity contribution in [3.05, 3.63) is 23.9 Å². The predicted molar refractivity (Wildman–Crippen MR) is 80.1 cm³/mol. The molecule has 21 heavy (non-hydrogen) atoms. The van der Waals surface area contributed by atoms with Gasteiger partial charge in [0.05, 0.1) is 19.3 Å². The van der Waals surface area contributed by atoms with Crippen molar-refractivity contribution in [2.45, 2.75) is 25.4 Å². The average molecular weight is 290 g/mol. The molecule has 0 saturated carbocycles. The van der Waals surface area contributed by atoms with Gasteiger partial charge in [-0.1, -0.05) is 0 Å². The van der Waals surface area contributed by atoms with Gasteiger partial charge in [0.25, 0.3) is 0 Å². The number of carbonyl (C=O) groups is 1. The first-order valence-corrected chi connectivity index (χ1v) is 7.61. The molecule has 2 aliphatic rings. The fourth-order valence-corrected chi connectivity index (χ4v) is 2.76. The second-order valence-corrected chi connectivity index (χ2v) is 5.49. The second-order valence-electron chi connectivity index (χ2n) is 5.49. The summed E-state index contributed by atoms with van der Waals surface area (Å²) in [5.74, 6) is 1.06. The molecule has 2 saturated heterocycles. The van der Waals surface area contributed by atoms with E-state index in [1.165, 1.54) is 0 Å². The maximum atomic E-state index is 12.0. The van der Waals surface area contributed by atoms with Gasteiger partial charge >= 0.3 is 0 Å². The van der Waals surface area contributed by atoms with E-state index in [4.69, 9.17) is 4.74 Å². The zero-order valence-corrected chi connectivity index (χ0v) is 12.2. The molecule has 1 aromatic rings. The van der Waals surface area contributed by atoms with E-state index in [9.17, 15) is 4.79 Å². The number of pyridine rings is 1. The summed E-state index contributed by atoms with van der Waals surface area (Å²) < 4.78 is 5.35. The van der Waals surface area contributed by atoms with E-state index in [0.717, 1.165) is 57.1 Å². The highest BCUT2D eigenvalue weighted by molar-refractivity contribution is 5.81. The van der Waals surface area contributed by atoms with Gasteiger partial charge in [0.15, 0.2) is 0 Å². The lowest BCUT2D eigenvalue weighted by Gasteiger charge is -2.28. The number of morpholine rings is 1. The van der Waals surface area contributed by atoms with Gasteiger partial charge in [0, 0.05) is 25.8 Å². The Morgan fingerprint density at radius 1 is 1.48 bits per heavy atom. The fraction of sp³-hybridized carbons (Fsp3) is 0.600. The highest BCUT2D eigenvalue weighted by Crippen LogP contribution is 2.14. The number of ether oxygens (including phenoxy) is 1. The van der Waals surface area contributed by atoms with E-state index in [1.807, 2.05) is 12.1 Å². The summed E-state index contributed by atoms with van der Waals surface area (Å²) in [4.78, 5) is 18.6. The van der Waals surface area contributed by atoms with Crippen LogP contribution < -0.4 is 15.5 Å². The largest absolute Gasteiger partial charge is 0.378 e. The van der Waals surface area contributed by atoms with E-state index < -0.39 is 0 Å². The van der Waals surface area contributed by atoms with Crippen LogP contribution in [-0.4, -0.2) is 49.8 Å². The molecule has 0 spiro atoms. The number of carbonyl (C=O) groups excluding carboxylic acids is 1. The quantitative estimate of drug-likeness (QED) is 0.834. The van der Waals surface area contributed by atoms with Crippen molar-refractivity contribution in [1.29, 1.82) is 0 Å². The molecule has 0 radical (unpaired) electrons. The van der Waals surface area contributed by atoms with Crippen molar-refractivity contribution in [2.24, 2.45) is 0 Å². The van der Waals surface area contributed by atoms with Gasteiger partial charge in [0.2, 0.25) is 5.91 Å². The van der Waals surface area contributed by atoms with Gasteiger partial charge < -0.3 is 20.3 Å². The molecule has 1 amide bonds. The van der Waals surface area contributed by atoms with Crippen LogP contribution in [0.15, 0.2) is 18.3 Å². The van der Waals surface area contributed by atoms with E-state index in [0.29, 0.717) is 6.54 Å². The molecule has 114 valence electrons. The van der Waals surface area contributed by atoms with Crippen molar-refractivity contribution in [3.8, 4) is 0 Å². The summed E-state index contributed by atoms with van der Waals surface area (Å²) in [6.45, 7) is 4.72. The highest BCUT2D eigenvalue weighted by atomic mass is 16.5. The van der Waals surface area contributed by atoms with E-state index in [1.54, 1.807) is 6.20 Å². The molecule has 2 aliphatic heterocycles. The van der Waals surface area contributed by atoms with E-state index >= 15 is 0 Å². The fourth-order valence-electron chi connectivity index (χ4n) is 2.76. The van der Waals surface area contributed by atoms with Crippen molar-refractivity contribution in [2.75, 3.05) is 37.7 Å². The molecule has 1 aromatic heterocycles. The molecular weight excluding hydrogens is 268 g/mol. The van der Waals surface area contributed by atoms with Gasteiger partial charge in [-0.25, -0.2) is 4.98 Å². The minimum Gasteiger partial charge on any atom is -0.378 e. The topological polar surface area (TPSA) is 66.5 Å². The number of nitrogens with zero attached hydrogens (tertiary/aromatic N) is 2. The Balaban J connectivity index is 1.56. The third-order valence-electron chi connectivity index (χ3n) is 3.99. The van der Waals surface area contributed by atoms with Crippen LogP contribution in [-0.2, 0) is 16.1 Å². The Bertz CT molecular complexity index is 482. The SMILES string of the molecule is O=C(NCc1ccnc(N2CCOCC2)c1)C1CCCN1. The van der Waals surface area contributed by atoms with Gasteiger partial charge in [-0.3, -0.25) is 4.79 Å². The van der Waals surface area contributed by atoms with Gasteiger partial charge in [-0.05, 0) is 37.1 Å². The number of hydrogen-bond donors (Lipinski definition) is 2. The summed E-state index contributed by atoms with van der Waals surface area (Å²) in [5, 5.41) is 6.21. The Morgan fingerprint density at radius 3 is 3.10 bits per heavy atom. The third-order valence-corrected chi connectivity index (χ3v) is 3.99. The summed E-state index contributed by atoms with van der Waals surface area (Å²) in [6, 6.07) is 3.98. The van der Waals surface area contributed by atoms with E-state index in [-0.39, 0.29) is 11.9 Å². The monoisotopic (exact) mass is 290 g/mol. The van der Waals surface area contributed by atoms with Crippen LogP contribution in [0.4, 0.5) is 5.82 Å². The first-order valence-electron chi connectivity index (χ1n) is 7.61. The summed E-state index contributed by atoms with van der Waals surface area (Å²) >= 11 is 0. The molecule has 2 N–H and O–H groups in total. The molecular formula is C15H22N4O2. The van der Waals surface area contributed by atoms with Crippen LogP contribution in [0.2, 0.25) is 0 Å². The number of hydrogen-bond acceptors (Lipinski definition) is 5. The van der Waals surface area contributed by atoms with Crippen LogP contribution in [0.3, 0.4) is 0 Å². The lowest BCUT2D eigenvalue weighted by atomic mass is 10.2. The number of anilines is 1. The van der Waals surface area contributed by atoms with Crippen LogP contribution in [0, 0.1) is 0 Å². The summed E-state index contributed by atoms with van der Waals surface area (Å²) in [5.41, 5.74) is 1.08. The minimum absolute atomic E-state index is 0.0226. The first-order chi connectivity index (χ1) is 10.3. The minimum atomic E-state index is -0.0226. The highest BCUT2D eigenvalue weighted by Gasteiger charge is 2.21. The number of nitrogens with one attached hydrogen (secondary N) is 2. The van der Waals surface area contributed by atoms with Crippen LogP contribution in [0.1, 0.15) is 18.4 Å².